The first-order valence-electron chi connectivity index (χ1n) is 9.96. The van der Waals surface area contributed by atoms with Crippen molar-refractivity contribution >= 4 is 32.8 Å². The Morgan fingerprint density at radius 1 is 1.16 bits per heavy atom. The van der Waals surface area contributed by atoms with Crippen LogP contribution in [0, 0.1) is 11.7 Å². The van der Waals surface area contributed by atoms with Crippen molar-refractivity contribution < 1.29 is 14.3 Å². The third kappa shape index (κ3) is 4.47. The highest BCUT2D eigenvalue weighted by Crippen LogP contribution is 2.33. The third-order valence-electron chi connectivity index (χ3n) is 5.90. The van der Waals surface area contributed by atoms with E-state index in [0.717, 1.165) is 14.6 Å². The van der Waals surface area contributed by atoms with Gasteiger partial charge in [0.15, 0.2) is 0 Å². The van der Waals surface area contributed by atoms with Gasteiger partial charge in [0.25, 0.3) is 5.56 Å². The fourth-order valence-electron chi connectivity index (χ4n) is 4.25. The summed E-state index contributed by atoms with van der Waals surface area (Å²) in [4.78, 5) is 41.8. The van der Waals surface area contributed by atoms with Crippen LogP contribution in [0.3, 0.4) is 0 Å². The summed E-state index contributed by atoms with van der Waals surface area (Å²) < 4.78 is 15.1. The van der Waals surface area contributed by atoms with Crippen LogP contribution in [0.5, 0.6) is 0 Å². The summed E-state index contributed by atoms with van der Waals surface area (Å²) in [6.45, 7) is 1.45. The van der Waals surface area contributed by atoms with E-state index in [0.29, 0.717) is 37.0 Å². The maximum atomic E-state index is 13.2. The lowest BCUT2D eigenvalue weighted by molar-refractivity contribution is -0.144. The second-order valence-corrected chi connectivity index (χ2v) is 8.68. The molecule has 2 aromatic carbocycles. The standard InChI is InChI=1S/C22H21BrFN3O4/c23-14-3-6-19-17(11-14)20(28)27(22(31)25-19)10-9-26-8-7-16(18(12-26)21(29)30)13-1-4-15(24)5-2-13/h1-6,11,16,18H,7-10,12H2,(H,25,31)(H,29,30). The van der Waals surface area contributed by atoms with Gasteiger partial charge in [-0.15, -0.1) is 0 Å². The van der Waals surface area contributed by atoms with E-state index in [9.17, 15) is 23.9 Å². The first-order chi connectivity index (χ1) is 14.8. The summed E-state index contributed by atoms with van der Waals surface area (Å²) in [6, 6.07) is 11.0. The van der Waals surface area contributed by atoms with Crippen LogP contribution in [0.1, 0.15) is 17.9 Å². The molecule has 0 bridgehead atoms. The zero-order valence-electron chi connectivity index (χ0n) is 16.6. The van der Waals surface area contributed by atoms with Crippen molar-refractivity contribution in [2.24, 2.45) is 5.92 Å². The third-order valence-corrected chi connectivity index (χ3v) is 6.39. The summed E-state index contributed by atoms with van der Waals surface area (Å²) in [5, 5.41) is 10.2. The molecule has 2 N–H and O–H groups in total. The highest BCUT2D eigenvalue weighted by molar-refractivity contribution is 9.10. The number of fused-ring (bicyclic) bond motifs is 1. The molecule has 4 rings (SSSR count). The Hall–Kier alpha value is -2.78. The second kappa shape index (κ2) is 8.76. The Bertz CT molecular complexity index is 1240. The van der Waals surface area contributed by atoms with Crippen molar-refractivity contribution in [3.63, 3.8) is 0 Å². The quantitative estimate of drug-likeness (QED) is 0.574. The van der Waals surface area contributed by atoms with Gasteiger partial charge in [0.05, 0.1) is 16.8 Å². The number of carboxylic acids is 1. The molecule has 31 heavy (non-hydrogen) atoms. The Morgan fingerprint density at radius 2 is 1.90 bits per heavy atom. The molecule has 9 heteroatoms. The molecule has 3 aromatic rings. The van der Waals surface area contributed by atoms with E-state index in [1.807, 2.05) is 4.90 Å². The number of carboxylic acid groups (broad SMARTS) is 1. The van der Waals surface area contributed by atoms with Crippen LogP contribution in [-0.2, 0) is 11.3 Å². The van der Waals surface area contributed by atoms with Crippen LogP contribution in [0.2, 0.25) is 0 Å². The number of hydrogen-bond donors (Lipinski definition) is 2. The number of rotatable bonds is 5. The molecule has 1 aliphatic rings. The van der Waals surface area contributed by atoms with Crippen LogP contribution in [0.25, 0.3) is 10.9 Å². The maximum Gasteiger partial charge on any atom is 0.328 e. The second-order valence-electron chi connectivity index (χ2n) is 7.77. The van der Waals surface area contributed by atoms with E-state index in [2.05, 4.69) is 20.9 Å². The van der Waals surface area contributed by atoms with Gasteiger partial charge < -0.3 is 15.0 Å². The average molecular weight is 490 g/mol. The van der Waals surface area contributed by atoms with E-state index in [4.69, 9.17) is 0 Å². The molecule has 1 saturated heterocycles. The van der Waals surface area contributed by atoms with E-state index < -0.39 is 17.6 Å². The maximum absolute atomic E-state index is 13.2. The molecule has 0 saturated carbocycles. The monoisotopic (exact) mass is 489 g/mol. The fourth-order valence-corrected chi connectivity index (χ4v) is 4.61. The summed E-state index contributed by atoms with van der Waals surface area (Å²) in [7, 11) is 0. The van der Waals surface area contributed by atoms with Crippen LogP contribution in [0.15, 0.2) is 56.5 Å². The largest absolute Gasteiger partial charge is 0.481 e. The zero-order chi connectivity index (χ0) is 22.1. The van der Waals surface area contributed by atoms with Crippen LogP contribution in [0.4, 0.5) is 4.39 Å². The molecule has 0 amide bonds. The van der Waals surface area contributed by atoms with E-state index in [1.54, 1.807) is 30.3 Å². The molecule has 162 valence electrons. The minimum Gasteiger partial charge on any atom is -0.481 e. The topological polar surface area (TPSA) is 95.4 Å². The van der Waals surface area contributed by atoms with Gasteiger partial charge in [-0.1, -0.05) is 28.1 Å². The molecule has 1 fully saturated rings. The highest BCUT2D eigenvalue weighted by Gasteiger charge is 2.35. The first-order valence-corrected chi connectivity index (χ1v) is 10.8. The van der Waals surface area contributed by atoms with Crippen molar-refractivity contribution in [1.82, 2.24) is 14.5 Å². The van der Waals surface area contributed by atoms with Gasteiger partial charge in [-0.3, -0.25) is 14.2 Å². The van der Waals surface area contributed by atoms with Crippen molar-refractivity contribution in [3.05, 3.63) is 79.2 Å². The van der Waals surface area contributed by atoms with E-state index >= 15 is 0 Å². The minimum atomic E-state index is -0.912. The van der Waals surface area contributed by atoms with Crippen molar-refractivity contribution in [2.45, 2.75) is 18.9 Å². The number of halogens is 2. The lowest BCUT2D eigenvalue weighted by Crippen LogP contribution is -2.46. The van der Waals surface area contributed by atoms with E-state index in [1.165, 1.54) is 12.1 Å². The number of carbonyl (C=O) groups is 1. The van der Waals surface area contributed by atoms with Gasteiger partial charge in [0.1, 0.15) is 5.82 Å². The number of aromatic amines is 1. The van der Waals surface area contributed by atoms with Gasteiger partial charge >= 0.3 is 11.7 Å². The van der Waals surface area contributed by atoms with Crippen molar-refractivity contribution in [2.75, 3.05) is 19.6 Å². The van der Waals surface area contributed by atoms with Crippen molar-refractivity contribution in [3.8, 4) is 0 Å². The number of benzene rings is 2. The number of aromatic nitrogens is 2. The molecule has 2 atom stereocenters. The van der Waals surface area contributed by atoms with Gasteiger partial charge in [-0.2, -0.15) is 0 Å². The normalized spacial score (nSPS) is 19.5. The Kier molecular flexibility index (Phi) is 6.06. The van der Waals surface area contributed by atoms with E-state index in [-0.39, 0.29) is 23.8 Å². The molecule has 2 heterocycles. The van der Waals surface area contributed by atoms with Gasteiger partial charge in [0, 0.05) is 24.1 Å². The number of H-pyrrole nitrogens is 1. The molecule has 0 radical (unpaired) electrons. The zero-order valence-corrected chi connectivity index (χ0v) is 18.1. The summed E-state index contributed by atoms with van der Waals surface area (Å²) in [5.74, 6) is -2.13. The highest BCUT2D eigenvalue weighted by atomic mass is 79.9. The van der Waals surface area contributed by atoms with Gasteiger partial charge in [-0.05, 0) is 54.8 Å². The lowest BCUT2D eigenvalue weighted by Gasteiger charge is -2.36. The fraction of sp³-hybridized carbons (Fsp3) is 0.318. The molecular weight excluding hydrogens is 469 g/mol. The number of aliphatic carboxylic acids is 1. The lowest BCUT2D eigenvalue weighted by atomic mass is 9.80. The number of likely N-dealkylation sites (tertiary alicyclic amines) is 1. The first kappa shape index (κ1) is 21.5. The number of nitrogens with zero attached hydrogens (tertiary/aromatic N) is 2. The summed E-state index contributed by atoms with van der Waals surface area (Å²) in [5.41, 5.74) is 0.411. The number of nitrogens with one attached hydrogen (secondary N) is 1. The van der Waals surface area contributed by atoms with Gasteiger partial charge in [0.2, 0.25) is 0 Å². The molecule has 2 unspecified atom stereocenters. The number of hydrogen-bond acceptors (Lipinski definition) is 4. The summed E-state index contributed by atoms with van der Waals surface area (Å²) in [6.07, 6.45) is 0.596. The molecular formula is C22H21BrFN3O4. The summed E-state index contributed by atoms with van der Waals surface area (Å²) >= 11 is 3.34. The molecule has 7 nitrogen and oxygen atoms in total. The Morgan fingerprint density at radius 3 is 2.61 bits per heavy atom. The smallest absolute Gasteiger partial charge is 0.328 e. The predicted octanol–water partition coefficient (Wildman–Crippen LogP) is 2.78. The van der Waals surface area contributed by atoms with Crippen LogP contribution >= 0.6 is 15.9 Å². The number of piperidine rings is 1. The molecule has 1 aliphatic heterocycles. The predicted molar refractivity (Wildman–Crippen MR) is 118 cm³/mol. The van der Waals surface area contributed by atoms with Crippen LogP contribution in [-0.4, -0.2) is 45.2 Å². The SMILES string of the molecule is O=C(O)C1CN(CCn2c(=O)[nH]c3ccc(Br)cc3c2=O)CCC1c1ccc(F)cc1. The Labute approximate surface area is 185 Å². The molecule has 1 aromatic heterocycles. The van der Waals surface area contributed by atoms with Crippen LogP contribution < -0.4 is 11.2 Å². The van der Waals surface area contributed by atoms with Gasteiger partial charge in [-0.25, -0.2) is 9.18 Å². The molecule has 0 aliphatic carbocycles. The van der Waals surface area contributed by atoms with Crippen molar-refractivity contribution in [1.29, 1.82) is 0 Å². The minimum absolute atomic E-state index is 0.157. The Balaban J connectivity index is 1.51. The average Bonchev–Trinajstić information content (AvgIpc) is 2.75. The molecule has 0 spiro atoms.